The molecule has 0 bridgehead atoms. The largest absolute Gasteiger partial charge is 0.497 e. The highest BCUT2D eigenvalue weighted by Gasteiger charge is 2.20. The van der Waals surface area contributed by atoms with Gasteiger partial charge >= 0.3 is 0 Å². The topological polar surface area (TPSA) is 126 Å². The third-order valence-electron chi connectivity index (χ3n) is 4.81. The molecule has 0 atom stereocenters. The molecule has 0 saturated heterocycles. The summed E-state index contributed by atoms with van der Waals surface area (Å²) in [5.74, 6) is 0.200. The molecule has 12 heteroatoms. The van der Waals surface area contributed by atoms with E-state index in [-0.39, 0.29) is 18.2 Å². The molecule has 0 aromatic heterocycles. The quantitative estimate of drug-likeness (QED) is 0.282. The van der Waals surface area contributed by atoms with Gasteiger partial charge in [-0.15, -0.1) is 0 Å². The number of benzene rings is 3. The first kappa shape index (κ1) is 27.5. The highest BCUT2D eigenvalue weighted by atomic mass is 35.5. The van der Waals surface area contributed by atoms with Crippen molar-refractivity contribution in [3.8, 4) is 11.5 Å². The number of rotatable bonds is 11. The maximum atomic E-state index is 12.3. The molecule has 0 unspecified atom stereocenters. The summed E-state index contributed by atoms with van der Waals surface area (Å²) in [6, 6.07) is 19.8. The van der Waals surface area contributed by atoms with Gasteiger partial charge in [0.15, 0.2) is 6.61 Å². The number of nitrogens with zero attached hydrogens (tertiary/aromatic N) is 2. The molecular weight excluding hydrogens is 520 g/mol. The summed E-state index contributed by atoms with van der Waals surface area (Å²) in [7, 11) is -2.17. The number of carbonyl (C=O) groups excluding carboxylic acids is 2. The molecule has 10 nitrogen and oxygen atoms in total. The van der Waals surface area contributed by atoms with Gasteiger partial charge in [-0.05, 0) is 72.3 Å². The van der Waals surface area contributed by atoms with Crippen molar-refractivity contribution < 1.29 is 27.5 Å². The fourth-order valence-corrected chi connectivity index (χ4v) is 4.08. The smallest absolute Gasteiger partial charge is 0.262 e. The van der Waals surface area contributed by atoms with Gasteiger partial charge in [0.25, 0.3) is 11.8 Å². The number of hydrogen-bond acceptors (Lipinski definition) is 7. The average molecular weight is 545 g/mol. The van der Waals surface area contributed by atoms with Crippen LogP contribution in [-0.4, -0.2) is 53.0 Å². The summed E-state index contributed by atoms with van der Waals surface area (Å²) in [6.45, 7) is -0.652. The van der Waals surface area contributed by atoms with E-state index in [0.717, 1.165) is 10.6 Å². The number of hydrogen-bond donors (Lipinski definition) is 2. The molecule has 37 heavy (non-hydrogen) atoms. The van der Waals surface area contributed by atoms with Gasteiger partial charge < -0.3 is 14.8 Å². The zero-order chi connectivity index (χ0) is 26.8. The first-order valence-electron chi connectivity index (χ1n) is 10.9. The maximum Gasteiger partial charge on any atom is 0.262 e. The van der Waals surface area contributed by atoms with E-state index in [1.165, 1.54) is 18.3 Å². The number of sulfonamides is 1. The zero-order valence-electron chi connectivity index (χ0n) is 20.0. The number of anilines is 2. The van der Waals surface area contributed by atoms with E-state index >= 15 is 0 Å². The SMILES string of the molecule is COc1ccc(NC(=O)COc2ccc(/C=N\NC(=O)CN(c3cccc(Cl)c3)S(C)(=O)=O)cc2)cc1. The molecule has 3 rings (SSSR count). The van der Waals surface area contributed by atoms with Crippen LogP contribution in [0.4, 0.5) is 11.4 Å². The highest BCUT2D eigenvalue weighted by molar-refractivity contribution is 7.92. The Bertz CT molecular complexity index is 1360. The Morgan fingerprint density at radius 3 is 2.30 bits per heavy atom. The second kappa shape index (κ2) is 12.7. The lowest BCUT2D eigenvalue weighted by molar-refractivity contribution is -0.119. The van der Waals surface area contributed by atoms with E-state index in [0.29, 0.717) is 27.8 Å². The van der Waals surface area contributed by atoms with E-state index in [4.69, 9.17) is 21.1 Å². The van der Waals surface area contributed by atoms with Gasteiger partial charge in [0.05, 0.1) is 25.3 Å². The third-order valence-corrected chi connectivity index (χ3v) is 6.19. The molecule has 0 spiro atoms. The van der Waals surface area contributed by atoms with Crippen LogP contribution < -0.4 is 24.5 Å². The van der Waals surface area contributed by atoms with Crippen LogP contribution in [0.25, 0.3) is 0 Å². The molecule has 0 heterocycles. The van der Waals surface area contributed by atoms with Crippen LogP contribution in [-0.2, 0) is 19.6 Å². The minimum Gasteiger partial charge on any atom is -0.497 e. The highest BCUT2D eigenvalue weighted by Crippen LogP contribution is 2.21. The van der Waals surface area contributed by atoms with Crippen LogP contribution >= 0.6 is 11.6 Å². The Labute approximate surface area is 219 Å². The minimum absolute atomic E-state index is 0.182. The summed E-state index contributed by atoms with van der Waals surface area (Å²) in [4.78, 5) is 24.4. The van der Waals surface area contributed by atoms with Crippen molar-refractivity contribution in [2.75, 3.05) is 36.1 Å². The first-order valence-corrected chi connectivity index (χ1v) is 13.1. The number of nitrogens with one attached hydrogen (secondary N) is 2. The van der Waals surface area contributed by atoms with Crippen molar-refractivity contribution in [2.24, 2.45) is 5.10 Å². The van der Waals surface area contributed by atoms with Crippen molar-refractivity contribution in [3.63, 3.8) is 0 Å². The van der Waals surface area contributed by atoms with Crippen LogP contribution in [0, 0.1) is 0 Å². The maximum absolute atomic E-state index is 12.3. The number of ether oxygens (including phenoxy) is 2. The van der Waals surface area contributed by atoms with Gasteiger partial charge in [0.2, 0.25) is 10.0 Å². The van der Waals surface area contributed by atoms with Crippen LogP contribution in [0.2, 0.25) is 5.02 Å². The van der Waals surface area contributed by atoms with E-state index in [9.17, 15) is 18.0 Å². The lowest BCUT2D eigenvalue weighted by Crippen LogP contribution is -2.39. The van der Waals surface area contributed by atoms with Gasteiger partial charge in [-0.2, -0.15) is 5.10 Å². The molecule has 0 aliphatic carbocycles. The van der Waals surface area contributed by atoms with E-state index in [2.05, 4.69) is 15.8 Å². The van der Waals surface area contributed by atoms with Gasteiger partial charge in [0.1, 0.15) is 18.0 Å². The molecule has 0 saturated carbocycles. The van der Waals surface area contributed by atoms with Crippen molar-refractivity contribution in [3.05, 3.63) is 83.4 Å². The summed E-state index contributed by atoms with van der Waals surface area (Å²) in [6.07, 6.45) is 2.39. The molecule has 2 amide bonds. The van der Waals surface area contributed by atoms with E-state index in [1.54, 1.807) is 67.8 Å². The lowest BCUT2D eigenvalue weighted by atomic mass is 10.2. The summed E-state index contributed by atoms with van der Waals surface area (Å²) in [5, 5.41) is 6.93. The Morgan fingerprint density at radius 2 is 1.68 bits per heavy atom. The molecular formula is C25H25ClN4O6S. The fourth-order valence-electron chi connectivity index (χ4n) is 3.05. The predicted molar refractivity (Wildman–Crippen MR) is 143 cm³/mol. The van der Waals surface area contributed by atoms with Crippen LogP contribution in [0.1, 0.15) is 5.56 Å². The van der Waals surface area contributed by atoms with E-state index in [1.807, 2.05) is 0 Å². The van der Waals surface area contributed by atoms with Gasteiger partial charge in [0, 0.05) is 10.7 Å². The molecule has 0 fully saturated rings. The van der Waals surface area contributed by atoms with Gasteiger partial charge in [-0.3, -0.25) is 13.9 Å². The summed E-state index contributed by atoms with van der Waals surface area (Å²) in [5.41, 5.74) is 3.83. The molecule has 0 aliphatic rings. The van der Waals surface area contributed by atoms with Crippen molar-refractivity contribution >= 4 is 51.0 Å². The Balaban J connectivity index is 1.48. The molecule has 3 aromatic carbocycles. The van der Waals surface area contributed by atoms with E-state index < -0.39 is 22.5 Å². The second-order valence-corrected chi connectivity index (χ2v) is 10.0. The Kier molecular flexibility index (Phi) is 9.47. The molecule has 194 valence electrons. The van der Waals surface area contributed by atoms with Gasteiger partial charge in [-0.1, -0.05) is 17.7 Å². The number of amides is 2. The van der Waals surface area contributed by atoms with Crippen LogP contribution in [0.5, 0.6) is 11.5 Å². The Hall–Kier alpha value is -4.09. The normalized spacial score (nSPS) is 11.1. The molecule has 2 N–H and O–H groups in total. The number of methoxy groups -OCH3 is 1. The minimum atomic E-state index is -3.73. The zero-order valence-corrected chi connectivity index (χ0v) is 21.6. The standard InChI is InChI=1S/C25H25ClN4O6S/c1-35-22-12-8-20(9-13-22)28-25(32)17-36-23-10-6-18(7-11-23)15-27-29-24(31)16-30(37(2,33)34)21-5-3-4-19(26)14-21/h3-15H,16-17H2,1-2H3,(H,28,32)(H,29,31)/b27-15-. The summed E-state index contributed by atoms with van der Waals surface area (Å²) < 4.78 is 35.8. The molecule has 0 aliphatic heterocycles. The fraction of sp³-hybridized carbons (Fsp3) is 0.160. The number of carbonyl (C=O) groups is 2. The number of hydrazone groups is 1. The van der Waals surface area contributed by atoms with Crippen LogP contribution in [0.3, 0.4) is 0 Å². The first-order chi connectivity index (χ1) is 17.6. The monoisotopic (exact) mass is 544 g/mol. The molecule has 3 aromatic rings. The lowest BCUT2D eigenvalue weighted by Gasteiger charge is -2.21. The average Bonchev–Trinajstić information content (AvgIpc) is 2.86. The van der Waals surface area contributed by atoms with Crippen molar-refractivity contribution in [1.29, 1.82) is 0 Å². The Morgan fingerprint density at radius 1 is 1.00 bits per heavy atom. The van der Waals surface area contributed by atoms with Crippen LogP contribution in [0.15, 0.2) is 77.9 Å². The predicted octanol–water partition coefficient (Wildman–Crippen LogP) is 3.28. The van der Waals surface area contributed by atoms with Crippen molar-refractivity contribution in [1.82, 2.24) is 5.43 Å². The second-order valence-electron chi connectivity index (χ2n) is 7.68. The molecule has 0 radical (unpaired) electrons. The van der Waals surface area contributed by atoms with Gasteiger partial charge in [-0.25, -0.2) is 13.8 Å². The number of halogens is 1. The summed E-state index contributed by atoms with van der Waals surface area (Å²) >= 11 is 5.94. The van der Waals surface area contributed by atoms with Crippen molar-refractivity contribution in [2.45, 2.75) is 0 Å². The third kappa shape index (κ3) is 8.81.